The first-order valence-electron chi connectivity index (χ1n) is 6.20. The number of hydrogen-bond acceptors (Lipinski definition) is 2. The van der Waals surface area contributed by atoms with Crippen LogP contribution in [0.5, 0.6) is 0 Å². The summed E-state index contributed by atoms with van der Waals surface area (Å²) in [4.78, 5) is 12.2. The number of anilines is 1. The second-order valence-corrected chi connectivity index (χ2v) is 6.33. The maximum absolute atomic E-state index is 12.6. The van der Waals surface area contributed by atoms with E-state index in [1.807, 2.05) is 0 Å². The van der Waals surface area contributed by atoms with Gasteiger partial charge in [0.05, 0.1) is 11.3 Å². The van der Waals surface area contributed by atoms with Crippen molar-refractivity contribution in [1.29, 1.82) is 0 Å². The zero-order chi connectivity index (χ0) is 16.2. The molecule has 0 aliphatic carbocycles. The average molecular weight is 390 g/mol. The molecule has 0 aliphatic heterocycles. The molecule has 2 nitrogen and oxygen atoms in total. The van der Waals surface area contributed by atoms with E-state index in [0.29, 0.717) is 10.6 Å². The van der Waals surface area contributed by atoms with E-state index in [-0.39, 0.29) is 11.7 Å². The predicted molar refractivity (Wildman–Crippen MR) is 84.9 cm³/mol. The Balaban J connectivity index is 1.92. The van der Waals surface area contributed by atoms with Gasteiger partial charge >= 0.3 is 6.18 Å². The predicted octanol–water partition coefficient (Wildman–Crippen LogP) is 5.20. The first-order valence-corrected chi connectivity index (χ1v) is 7.98. The van der Waals surface area contributed by atoms with Gasteiger partial charge in [-0.05, 0) is 42.5 Å². The fraction of sp³-hybridized carbons (Fsp3) is 0.133. The lowest BCUT2D eigenvalue weighted by Gasteiger charge is -2.09. The number of amides is 1. The summed E-state index contributed by atoms with van der Waals surface area (Å²) >= 11 is 4.35. The van der Waals surface area contributed by atoms with Crippen molar-refractivity contribution < 1.29 is 18.0 Å². The van der Waals surface area contributed by atoms with Crippen LogP contribution in [0.1, 0.15) is 5.56 Å². The van der Waals surface area contributed by atoms with Gasteiger partial charge in [-0.25, -0.2) is 0 Å². The molecule has 1 N–H and O–H groups in total. The number of alkyl halides is 3. The summed E-state index contributed by atoms with van der Waals surface area (Å²) in [5.41, 5.74) is -0.0799. The van der Waals surface area contributed by atoms with Gasteiger partial charge in [0.25, 0.3) is 0 Å². The Kier molecular flexibility index (Phi) is 5.52. The lowest BCUT2D eigenvalue weighted by Crippen LogP contribution is -2.13. The van der Waals surface area contributed by atoms with Crippen LogP contribution < -0.4 is 5.32 Å². The third kappa shape index (κ3) is 5.06. The number of thioether (sulfide) groups is 1. The number of benzene rings is 2. The quantitative estimate of drug-likeness (QED) is 0.728. The molecule has 22 heavy (non-hydrogen) atoms. The van der Waals surface area contributed by atoms with E-state index in [1.165, 1.54) is 6.07 Å². The van der Waals surface area contributed by atoms with Gasteiger partial charge in [-0.2, -0.15) is 13.2 Å². The molecule has 0 saturated carbocycles. The van der Waals surface area contributed by atoms with E-state index >= 15 is 0 Å². The fourth-order valence-corrected chi connectivity index (χ4v) is 2.66. The number of hydrogen-bond donors (Lipinski definition) is 1. The second kappa shape index (κ2) is 7.19. The zero-order valence-electron chi connectivity index (χ0n) is 11.2. The van der Waals surface area contributed by atoms with Crippen molar-refractivity contribution in [2.45, 2.75) is 11.1 Å². The van der Waals surface area contributed by atoms with E-state index in [0.717, 1.165) is 28.4 Å². The molecule has 0 aromatic heterocycles. The molecule has 0 atom stereocenters. The standard InChI is InChI=1S/C15H11BrF3NOS/c16-11-4-6-12(7-5-11)20-14(21)9-22-13-3-1-2-10(8-13)15(17,18)19/h1-8H,9H2,(H,20,21). The fourth-order valence-electron chi connectivity index (χ4n) is 1.64. The summed E-state index contributed by atoms with van der Waals surface area (Å²) in [6.45, 7) is 0. The summed E-state index contributed by atoms with van der Waals surface area (Å²) < 4.78 is 38.7. The van der Waals surface area contributed by atoms with Gasteiger partial charge in [0.15, 0.2) is 0 Å². The van der Waals surface area contributed by atoms with Crippen molar-refractivity contribution in [3.8, 4) is 0 Å². The molecule has 0 aliphatic rings. The normalized spacial score (nSPS) is 11.3. The van der Waals surface area contributed by atoms with Crippen LogP contribution in [0.4, 0.5) is 18.9 Å². The van der Waals surface area contributed by atoms with Gasteiger partial charge in [-0.15, -0.1) is 11.8 Å². The van der Waals surface area contributed by atoms with Crippen molar-refractivity contribution in [1.82, 2.24) is 0 Å². The minimum absolute atomic E-state index is 0.0391. The van der Waals surface area contributed by atoms with Crippen LogP contribution in [0.3, 0.4) is 0 Å². The van der Waals surface area contributed by atoms with Crippen LogP contribution in [-0.4, -0.2) is 11.7 Å². The van der Waals surface area contributed by atoms with Crippen molar-refractivity contribution in [2.24, 2.45) is 0 Å². The summed E-state index contributed by atoms with van der Waals surface area (Å²) in [7, 11) is 0. The maximum Gasteiger partial charge on any atom is 0.416 e. The van der Waals surface area contributed by atoms with E-state index in [4.69, 9.17) is 0 Å². The Morgan fingerprint density at radius 1 is 1.14 bits per heavy atom. The Morgan fingerprint density at radius 3 is 2.45 bits per heavy atom. The lowest BCUT2D eigenvalue weighted by atomic mass is 10.2. The number of nitrogens with one attached hydrogen (secondary N) is 1. The van der Waals surface area contributed by atoms with Gasteiger partial charge in [0.2, 0.25) is 5.91 Å². The first kappa shape index (κ1) is 16.9. The SMILES string of the molecule is O=C(CSc1cccc(C(F)(F)F)c1)Nc1ccc(Br)cc1. The van der Waals surface area contributed by atoms with Crippen LogP contribution in [-0.2, 0) is 11.0 Å². The molecule has 0 spiro atoms. The molecule has 0 heterocycles. The molecule has 2 rings (SSSR count). The highest BCUT2D eigenvalue weighted by Crippen LogP contribution is 2.31. The molecule has 0 saturated heterocycles. The Bertz CT molecular complexity index is 659. The van der Waals surface area contributed by atoms with Crippen molar-refractivity contribution in [3.63, 3.8) is 0 Å². The topological polar surface area (TPSA) is 29.1 Å². The Labute approximate surface area is 138 Å². The number of halogens is 4. The molecule has 0 bridgehead atoms. The number of carbonyl (C=O) groups excluding carboxylic acids is 1. The monoisotopic (exact) mass is 389 g/mol. The molecular weight excluding hydrogens is 379 g/mol. The van der Waals surface area contributed by atoms with Crippen molar-refractivity contribution >= 4 is 39.3 Å². The van der Waals surface area contributed by atoms with E-state index in [9.17, 15) is 18.0 Å². The largest absolute Gasteiger partial charge is 0.416 e. The summed E-state index contributed by atoms with van der Waals surface area (Å²) in [5, 5.41) is 2.68. The lowest BCUT2D eigenvalue weighted by molar-refractivity contribution is -0.137. The summed E-state index contributed by atoms with van der Waals surface area (Å²) in [6, 6.07) is 12.0. The van der Waals surface area contributed by atoms with Gasteiger partial charge in [0, 0.05) is 15.1 Å². The molecular formula is C15H11BrF3NOS. The van der Waals surface area contributed by atoms with Gasteiger partial charge in [-0.1, -0.05) is 22.0 Å². The Morgan fingerprint density at radius 2 is 1.82 bits per heavy atom. The minimum atomic E-state index is -4.38. The highest BCUT2D eigenvalue weighted by atomic mass is 79.9. The first-order chi connectivity index (χ1) is 10.3. The smallest absolute Gasteiger partial charge is 0.325 e. The van der Waals surface area contributed by atoms with Crippen LogP contribution in [0, 0.1) is 0 Å². The number of rotatable bonds is 4. The third-order valence-electron chi connectivity index (χ3n) is 2.66. The molecule has 2 aromatic carbocycles. The Hall–Kier alpha value is -1.47. The van der Waals surface area contributed by atoms with Crippen LogP contribution >= 0.6 is 27.7 Å². The molecule has 0 radical (unpaired) electrons. The molecule has 0 fully saturated rings. The van der Waals surface area contributed by atoms with Crippen LogP contribution in [0.25, 0.3) is 0 Å². The molecule has 2 aromatic rings. The second-order valence-electron chi connectivity index (χ2n) is 4.37. The zero-order valence-corrected chi connectivity index (χ0v) is 13.6. The van der Waals surface area contributed by atoms with Gasteiger partial charge in [0.1, 0.15) is 0 Å². The van der Waals surface area contributed by atoms with Crippen molar-refractivity contribution in [2.75, 3.05) is 11.1 Å². The molecule has 0 unspecified atom stereocenters. The van der Waals surface area contributed by atoms with Gasteiger partial charge in [-0.3, -0.25) is 4.79 Å². The van der Waals surface area contributed by atoms with Crippen molar-refractivity contribution in [3.05, 3.63) is 58.6 Å². The highest BCUT2D eigenvalue weighted by Gasteiger charge is 2.30. The molecule has 1 amide bonds. The average Bonchev–Trinajstić information content (AvgIpc) is 2.47. The van der Waals surface area contributed by atoms with Gasteiger partial charge < -0.3 is 5.32 Å². The van der Waals surface area contributed by atoms with Crippen LogP contribution in [0.2, 0.25) is 0 Å². The maximum atomic E-state index is 12.6. The third-order valence-corrected chi connectivity index (χ3v) is 4.18. The summed E-state index contributed by atoms with van der Waals surface area (Å²) in [5.74, 6) is -0.234. The number of carbonyl (C=O) groups is 1. The van der Waals surface area contributed by atoms with E-state index < -0.39 is 11.7 Å². The minimum Gasteiger partial charge on any atom is -0.325 e. The summed E-state index contributed by atoms with van der Waals surface area (Å²) in [6.07, 6.45) is -4.38. The molecule has 116 valence electrons. The van der Waals surface area contributed by atoms with E-state index in [2.05, 4.69) is 21.2 Å². The van der Waals surface area contributed by atoms with E-state index in [1.54, 1.807) is 30.3 Å². The van der Waals surface area contributed by atoms with Crippen LogP contribution in [0.15, 0.2) is 57.9 Å². The molecule has 7 heteroatoms. The highest BCUT2D eigenvalue weighted by molar-refractivity contribution is 9.10.